The molecule has 3 heterocycles. The predicted octanol–water partition coefficient (Wildman–Crippen LogP) is 3.65. The van der Waals surface area contributed by atoms with E-state index >= 15 is 0 Å². The lowest BCUT2D eigenvalue weighted by Crippen LogP contribution is -2.07. The third kappa shape index (κ3) is 3.13. The van der Waals surface area contributed by atoms with Crippen LogP contribution in [0.5, 0.6) is 0 Å². The first-order valence-corrected chi connectivity index (χ1v) is 8.27. The van der Waals surface area contributed by atoms with Crippen molar-refractivity contribution < 1.29 is 8.91 Å². The molecule has 0 fully saturated rings. The minimum Gasteiger partial charge on any atom is -0.362 e. The van der Waals surface area contributed by atoms with Crippen LogP contribution in [0, 0.1) is 5.82 Å². The van der Waals surface area contributed by atoms with Crippen LogP contribution in [0.3, 0.4) is 0 Å². The van der Waals surface area contributed by atoms with Gasteiger partial charge in [-0.05, 0) is 24.3 Å². The summed E-state index contributed by atoms with van der Waals surface area (Å²) in [6.07, 6.45) is 1.67. The van der Waals surface area contributed by atoms with Crippen LogP contribution >= 0.6 is 0 Å². The number of halogens is 1. The first-order chi connectivity index (χ1) is 12.6. The van der Waals surface area contributed by atoms with E-state index in [1.165, 1.54) is 12.1 Å². The monoisotopic (exact) mass is 352 g/mol. The van der Waals surface area contributed by atoms with Crippen molar-refractivity contribution >= 4 is 11.5 Å². The molecule has 1 N–H and O–H groups in total. The fraction of sp³-hybridized carbons (Fsp3) is 0.222. The second-order valence-electron chi connectivity index (χ2n) is 6.19. The highest BCUT2D eigenvalue weighted by molar-refractivity contribution is 5.66. The maximum absolute atomic E-state index is 13.2. The van der Waals surface area contributed by atoms with Gasteiger partial charge in [-0.15, -0.1) is 0 Å². The van der Waals surface area contributed by atoms with Gasteiger partial charge in [-0.2, -0.15) is 14.6 Å². The topological polar surface area (TPSA) is 81.1 Å². The summed E-state index contributed by atoms with van der Waals surface area (Å²) in [4.78, 5) is 8.92. The first-order valence-electron chi connectivity index (χ1n) is 8.27. The number of rotatable bonds is 5. The molecular weight excluding hydrogens is 335 g/mol. The van der Waals surface area contributed by atoms with Gasteiger partial charge in [0, 0.05) is 23.6 Å². The summed E-state index contributed by atoms with van der Waals surface area (Å²) >= 11 is 0. The molecule has 3 aromatic heterocycles. The second kappa shape index (κ2) is 6.55. The zero-order valence-electron chi connectivity index (χ0n) is 14.3. The van der Waals surface area contributed by atoms with E-state index in [1.807, 2.05) is 26.0 Å². The molecule has 0 spiro atoms. The number of benzene rings is 1. The lowest BCUT2D eigenvalue weighted by Gasteiger charge is -2.09. The van der Waals surface area contributed by atoms with Crippen LogP contribution in [0.25, 0.3) is 16.9 Å². The number of aromatic nitrogens is 5. The minimum absolute atomic E-state index is 0.181. The van der Waals surface area contributed by atoms with Crippen LogP contribution < -0.4 is 5.32 Å². The maximum atomic E-state index is 13.2. The smallest absolute Gasteiger partial charge is 0.229 e. The molecular formula is C18H17FN6O. The molecule has 0 aliphatic rings. The van der Waals surface area contributed by atoms with Gasteiger partial charge in [-0.25, -0.2) is 9.37 Å². The van der Waals surface area contributed by atoms with Crippen molar-refractivity contribution in [3.63, 3.8) is 0 Å². The van der Waals surface area contributed by atoms with Crippen molar-refractivity contribution in [2.45, 2.75) is 26.3 Å². The zero-order chi connectivity index (χ0) is 18.1. The summed E-state index contributed by atoms with van der Waals surface area (Å²) in [5, 5.41) is 11.5. The van der Waals surface area contributed by atoms with Crippen molar-refractivity contribution in [2.24, 2.45) is 0 Å². The Balaban J connectivity index is 1.64. The van der Waals surface area contributed by atoms with E-state index in [0.29, 0.717) is 23.9 Å². The van der Waals surface area contributed by atoms with Crippen LogP contribution in [-0.2, 0) is 6.54 Å². The van der Waals surface area contributed by atoms with Gasteiger partial charge in [-0.3, -0.25) is 0 Å². The van der Waals surface area contributed by atoms with E-state index in [4.69, 9.17) is 4.52 Å². The quantitative estimate of drug-likeness (QED) is 0.590. The number of hydrogen-bond donors (Lipinski definition) is 1. The van der Waals surface area contributed by atoms with E-state index in [0.717, 1.165) is 17.1 Å². The largest absolute Gasteiger partial charge is 0.362 e. The molecule has 4 rings (SSSR count). The molecule has 26 heavy (non-hydrogen) atoms. The van der Waals surface area contributed by atoms with Crippen molar-refractivity contribution in [1.29, 1.82) is 0 Å². The molecule has 0 aliphatic heterocycles. The molecule has 4 aromatic rings. The van der Waals surface area contributed by atoms with Crippen molar-refractivity contribution in [3.8, 4) is 11.3 Å². The summed E-state index contributed by atoms with van der Waals surface area (Å²) in [6.45, 7) is 4.38. The minimum atomic E-state index is -0.282. The Bertz CT molecular complexity index is 1040. The lowest BCUT2D eigenvalue weighted by atomic mass is 10.1. The lowest BCUT2D eigenvalue weighted by molar-refractivity contribution is 0.361. The number of hydrogen-bond acceptors (Lipinski definition) is 6. The van der Waals surface area contributed by atoms with Crippen molar-refractivity contribution in [3.05, 3.63) is 60.1 Å². The van der Waals surface area contributed by atoms with Crippen molar-refractivity contribution in [1.82, 2.24) is 24.7 Å². The second-order valence-corrected chi connectivity index (χ2v) is 6.19. The molecule has 0 saturated heterocycles. The number of anilines is 1. The van der Waals surface area contributed by atoms with E-state index < -0.39 is 0 Å². The normalized spacial score (nSPS) is 11.4. The van der Waals surface area contributed by atoms with E-state index in [2.05, 4.69) is 25.5 Å². The van der Waals surface area contributed by atoms with E-state index in [1.54, 1.807) is 22.8 Å². The fourth-order valence-electron chi connectivity index (χ4n) is 2.55. The Kier molecular flexibility index (Phi) is 4.08. The Morgan fingerprint density at radius 3 is 2.69 bits per heavy atom. The summed E-state index contributed by atoms with van der Waals surface area (Å²) in [7, 11) is 0. The number of nitrogens with zero attached hydrogens (tertiary/aromatic N) is 5. The van der Waals surface area contributed by atoms with Crippen LogP contribution in [0.1, 0.15) is 31.5 Å². The summed E-state index contributed by atoms with van der Waals surface area (Å²) < 4.78 is 20.1. The highest BCUT2D eigenvalue weighted by Crippen LogP contribution is 2.23. The van der Waals surface area contributed by atoms with Crippen LogP contribution in [0.2, 0.25) is 0 Å². The average molecular weight is 352 g/mol. The third-order valence-corrected chi connectivity index (χ3v) is 3.90. The standard InChI is InChI=1S/C18H17FN6O/c1-11(2)18-23-15(24-26-18)10-20-17-9-14(12-3-5-13(19)6-4-12)22-16-7-8-21-25(16)17/h3-9,11,20H,10H2,1-2H3. The fourth-order valence-corrected chi connectivity index (χ4v) is 2.55. The maximum Gasteiger partial charge on any atom is 0.229 e. The van der Waals surface area contributed by atoms with Gasteiger partial charge in [0.2, 0.25) is 5.89 Å². The van der Waals surface area contributed by atoms with Gasteiger partial charge < -0.3 is 9.84 Å². The molecule has 132 valence electrons. The Hall–Kier alpha value is -3.29. The van der Waals surface area contributed by atoms with E-state index in [-0.39, 0.29) is 11.7 Å². The van der Waals surface area contributed by atoms with Gasteiger partial charge in [0.1, 0.15) is 11.6 Å². The highest BCUT2D eigenvalue weighted by Gasteiger charge is 2.12. The number of nitrogens with one attached hydrogen (secondary N) is 1. The van der Waals surface area contributed by atoms with Crippen LogP contribution in [0.4, 0.5) is 10.2 Å². The van der Waals surface area contributed by atoms with Crippen LogP contribution in [0.15, 0.2) is 47.1 Å². The summed E-state index contributed by atoms with van der Waals surface area (Å²) in [6, 6.07) is 9.89. The molecule has 0 unspecified atom stereocenters. The SMILES string of the molecule is CC(C)c1nc(CNc2cc(-c3ccc(F)cc3)nc3ccnn23)no1. The first kappa shape index (κ1) is 16.2. The molecule has 0 saturated carbocycles. The Labute approximate surface area is 148 Å². The highest BCUT2D eigenvalue weighted by atomic mass is 19.1. The zero-order valence-corrected chi connectivity index (χ0v) is 14.3. The van der Waals surface area contributed by atoms with Gasteiger partial charge in [-0.1, -0.05) is 19.0 Å². The molecule has 0 amide bonds. The average Bonchev–Trinajstić information content (AvgIpc) is 3.29. The van der Waals surface area contributed by atoms with E-state index in [9.17, 15) is 4.39 Å². The molecule has 0 radical (unpaired) electrons. The summed E-state index contributed by atoms with van der Waals surface area (Å²) in [5.41, 5.74) is 2.22. The van der Waals surface area contributed by atoms with Gasteiger partial charge in [0.15, 0.2) is 11.5 Å². The molecule has 1 aromatic carbocycles. The molecule has 0 bridgehead atoms. The van der Waals surface area contributed by atoms with Crippen LogP contribution in [-0.4, -0.2) is 24.7 Å². The summed E-state index contributed by atoms with van der Waals surface area (Å²) in [5.74, 6) is 1.80. The predicted molar refractivity (Wildman–Crippen MR) is 94.1 cm³/mol. The third-order valence-electron chi connectivity index (χ3n) is 3.90. The van der Waals surface area contributed by atoms with Crippen molar-refractivity contribution in [2.75, 3.05) is 5.32 Å². The molecule has 8 heteroatoms. The molecule has 0 aliphatic carbocycles. The Morgan fingerprint density at radius 1 is 1.15 bits per heavy atom. The molecule has 7 nitrogen and oxygen atoms in total. The van der Waals surface area contributed by atoms with Gasteiger partial charge >= 0.3 is 0 Å². The van der Waals surface area contributed by atoms with Gasteiger partial charge in [0.05, 0.1) is 18.4 Å². The number of fused-ring (bicyclic) bond motifs is 1. The Morgan fingerprint density at radius 2 is 1.96 bits per heavy atom. The molecule has 0 atom stereocenters. The van der Waals surface area contributed by atoms with Gasteiger partial charge in [0.25, 0.3) is 0 Å².